The van der Waals surface area contributed by atoms with Gasteiger partial charge in [-0.1, -0.05) is 109 Å². The Kier molecular flexibility index (Phi) is 6.24. The molecule has 0 radical (unpaired) electrons. The molecule has 162 valence electrons. The molecule has 4 aromatic carbocycles. The van der Waals surface area contributed by atoms with Crippen LogP contribution in [0.25, 0.3) is 16.8 Å². The van der Waals surface area contributed by atoms with Crippen LogP contribution in [0.2, 0.25) is 0 Å². The molecule has 1 fully saturated rings. The van der Waals surface area contributed by atoms with E-state index in [-0.39, 0.29) is 5.91 Å². The number of nitrogens with zero attached hydrogens (tertiary/aromatic N) is 1. The highest BCUT2D eigenvalue weighted by molar-refractivity contribution is 8.26. The normalized spacial score (nSPS) is 14.9. The lowest BCUT2D eigenvalue weighted by molar-refractivity contribution is -0.122. The monoisotopic (exact) mass is 467 g/mol. The fourth-order valence-electron chi connectivity index (χ4n) is 3.79. The largest absolute Gasteiger partial charge is 0.489 e. The molecule has 1 aliphatic rings. The van der Waals surface area contributed by atoms with Gasteiger partial charge < -0.3 is 4.74 Å². The highest BCUT2D eigenvalue weighted by atomic mass is 32.2. The first-order chi connectivity index (χ1) is 16.2. The molecule has 0 saturated carbocycles. The van der Waals surface area contributed by atoms with Gasteiger partial charge in [0.25, 0.3) is 5.91 Å². The third-order valence-corrected chi connectivity index (χ3v) is 6.89. The number of amides is 1. The molecule has 1 saturated heterocycles. The summed E-state index contributed by atoms with van der Waals surface area (Å²) in [5.74, 6) is 0.738. The lowest BCUT2D eigenvalue weighted by atomic mass is 10.1. The summed E-state index contributed by atoms with van der Waals surface area (Å²) in [6.45, 7) is 0.989. The molecule has 33 heavy (non-hydrogen) atoms. The molecule has 1 heterocycles. The van der Waals surface area contributed by atoms with Gasteiger partial charge in [0.15, 0.2) is 0 Å². The second kappa shape index (κ2) is 9.61. The van der Waals surface area contributed by atoms with Crippen LogP contribution in [0.3, 0.4) is 0 Å². The van der Waals surface area contributed by atoms with Crippen LogP contribution in [0.1, 0.15) is 16.7 Å². The van der Waals surface area contributed by atoms with Gasteiger partial charge in [-0.15, -0.1) is 0 Å². The van der Waals surface area contributed by atoms with Crippen molar-refractivity contribution < 1.29 is 9.53 Å². The van der Waals surface area contributed by atoms with E-state index >= 15 is 0 Å². The third-order valence-electron chi connectivity index (χ3n) is 5.51. The minimum absolute atomic E-state index is 0.0508. The maximum atomic E-state index is 12.9. The molecule has 1 aliphatic heterocycles. The highest BCUT2D eigenvalue weighted by Gasteiger charge is 2.31. The number of fused-ring (bicyclic) bond motifs is 1. The second-order valence-corrected chi connectivity index (χ2v) is 9.43. The van der Waals surface area contributed by atoms with Crippen LogP contribution in [0.5, 0.6) is 5.75 Å². The Morgan fingerprint density at radius 1 is 0.848 bits per heavy atom. The van der Waals surface area contributed by atoms with E-state index < -0.39 is 0 Å². The van der Waals surface area contributed by atoms with Gasteiger partial charge in [-0.3, -0.25) is 9.69 Å². The number of benzene rings is 4. The quantitative estimate of drug-likeness (QED) is 0.230. The Morgan fingerprint density at radius 3 is 2.39 bits per heavy atom. The highest BCUT2D eigenvalue weighted by Crippen LogP contribution is 2.34. The number of ether oxygens (including phenoxy) is 1. The Bertz CT molecular complexity index is 1340. The summed E-state index contributed by atoms with van der Waals surface area (Å²) in [7, 11) is 0. The molecule has 0 spiro atoms. The second-order valence-electron chi connectivity index (χ2n) is 7.75. The molecule has 0 aromatic heterocycles. The molecular formula is C28H21NO2S2. The van der Waals surface area contributed by atoms with Crippen molar-refractivity contribution in [2.75, 3.05) is 0 Å². The first kappa shape index (κ1) is 21.4. The van der Waals surface area contributed by atoms with Crippen molar-refractivity contribution >= 4 is 51.1 Å². The molecule has 0 bridgehead atoms. The fourth-order valence-corrected chi connectivity index (χ4v) is 5.05. The molecule has 0 atom stereocenters. The summed E-state index contributed by atoms with van der Waals surface area (Å²) < 4.78 is 6.61. The zero-order valence-electron chi connectivity index (χ0n) is 17.8. The average molecular weight is 468 g/mol. The Hall–Kier alpha value is -3.41. The Balaban J connectivity index is 1.26. The van der Waals surface area contributed by atoms with Crippen molar-refractivity contribution in [1.82, 2.24) is 4.90 Å². The van der Waals surface area contributed by atoms with E-state index in [1.807, 2.05) is 72.8 Å². The number of carbonyl (C=O) groups is 1. The van der Waals surface area contributed by atoms with E-state index in [1.165, 1.54) is 22.5 Å². The number of hydrogen-bond donors (Lipinski definition) is 0. The molecule has 5 rings (SSSR count). The Labute approximate surface area is 202 Å². The maximum Gasteiger partial charge on any atom is 0.266 e. The summed E-state index contributed by atoms with van der Waals surface area (Å²) in [5.41, 5.74) is 3.15. The number of thioether (sulfide) groups is 1. The molecule has 5 heteroatoms. The van der Waals surface area contributed by atoms with Crippen molar-refractivity contribution in [3.63, 3.8) is 0 Å². The summed E-state index contributed by atoms with van der Waals surface area (Å²) in [6.07, 6.45) is 1.89. The minimum Gasteiger partial charge on any atom is -0.489 e. The van der Waals surface area contributed by atoms with Crippen LogP contribution in [0.15, 0.2) is 102 Å². The van der Waals surface area contributed by atoms with Gasteiger partial charge in [-0.05, 0) is 45.7 Å². The van der Waals surface area contributed by atoms with Crippen LogP contribution in [0.4, 0.5) is 0 Å². The number of rotatable bonds is 6. The zero-order valence-corrected chi connectivity index (χ0v) is 19.4. The van der Waals surface area contributed by atoms with Gasteiger partial charge in [-0.25, -0.2) is 0 Å². The van der Waals surface area contributed by atoms with Gasteiger partial charge >= 0.3 is 0 Å². The van der Waals surface area contributed by atoms with Crippen molar-refractivity contribution in [2.45, 2.75) is 13.2 Å². The standard InChI is InChI=1S/C28H21NO2S2/c30-27-26(33-28(32)29(27)18-21-7-2-1-3-8-21)17-20-13-15-24(16-14-20)31-19-23-11-6-10-22-9-4-5-12-25(22)23/h1-17H,18-19H2/b26-17+. The number of carbonyl (C=O) groups excluding carboxylic acids is 1. The van der Waals surface area contributed by atoms with E-state index in [4.69, 9.17) is 17.0 Å². The summed E-state index contributed by atoms with van der Waals surface area (Å²) in [5, 5.41) is 2.41. The van der Waals surface area contributed by atoms with E-state index in [9.17, 15) is 4.79 Å². The SMILES string of the molecule is O=C1/C(=C\c2ccc(OCc3cccc4ccccc34)cc2)SC(=S)N1Cc1ccccc1. The predicted molar refractivity (Wildman–Crippen MR) is 140 cm³/mol. The smallest absolute Gasteiger partial charge is 0.266 e. The van der Waals surface area contributed by atoms with Crippen molar-refractivity contribution in [3.8, 4) is 5.75 Å². The first-order valence-corrected chi connectivity index (χ1v) is 11.9. The van der Waals surface area contributed by atoms with Crippen molar-refractivity contribution in [1.29, 1.82) is 0 Å². The van der Waals surface area contributed by atoms with Gasteiger partial charge in [0.05, 0.1) is 11.4 Å². The molecular weight excluding hydrogens is 446 g/mol. The summed E-state index contributed by atoms with van der Waals surface area (Å²) >= 11 is 6.80. The van der Waals surface area contributed by atoms with Crippen LogP contribution in [-0.4, -0.2) is 15.1 Å². The molecule has 4 aromatic rings. The van der Waals surface area contributed by atoms with Crippen LogP contribution in [-0.2, 0) is 17.9 Å². The van der Waals surface area contributed by atoms with E-state index in [0.29, 0.717) is 22.4 Å². The van der Waals surface area contributed by atoms with Gasteiger partial charge in [0, 0.05) is 0 Å². The van der Waals surface area contributed by atoms with Gasteiger partial charge in [-0.2, -0.15) is 0 Å². The number of thiocarbonyl (C=S) groups is 1. The summed E-state index contributed by atoms with van der Waals surface area (Å²) in [6, 6.07) is 32.2. The van der Waals surface area contributed by atoms with Crippen molar-refractivity contribution in [3.05, 3.63) is 119 Å². The third kappa shape index (κ3) is 4.85. The predicted octanol–water partition coefficient (Wildman–Crippen LogP) is 6.82. The molecule has 0 aliphatic carbocycles. The Morgan fingerprint density at radius 2 is 1.58 bits per heavy atom. The average Bonchev–Trinajstić information content (AvgIpc) is 3.11. The maximum absolute atomic E-state index is 12.9. The van der Waals surface area contributed by atoms with Gasteiger partial charge in [0.2, 0.25) is 0 Å². The lowest BCUT2D eigenvalue weighted by Crippen LogP contribution is -2.27. The van der Waals surface area contributed by atoms with E-state index in [1.54, 1.807) is 4.90 Å². The van der Waals surface area contributed by atoms with E-state index in [0.717, 1.165) is 22.4 Å². The molecule has 1 amide bonds. The molecule has 3 nitrogen and oxygen atoms in total. The minimum atomic E-state index is -0.0508. The zero-order chi connectivity index (χ0) is 22.6. The van der Waals surface area contributed by atoms with Gasteiger partial charge in [0.1, 0.15) is 16.7 Å². The fraction of sp³-hybridized carbons (Fsp3) is 0.0714. The molecule has 0 N–H and O–H groups in total. The lowest BCUT2D eigenvalue weighted by Gasteiger charge is -2.14. The molecule has 0 unspecified atom stereocenters. The summed E-state index contributed by atoms with van der Waals surface area (Å²) in [4.78, 5) is 15.2. The van der Waals surface area contributed by atoms with Crippen LogP contribution < -0.4 is 4.74 Å². The first-order valence-electron chi connectivity index (χ1n) is 10.7. The van der Waals surface area contributed by atoms with Crippen LogP contribution in [0, 0.1) is 0 Å². The van der Waals surface area contributed by atoms with E-state index in [2.05, 4.69) is 30.3 Å². The van der Waals surface area contributed by atoms with Crippen molar-refractivity contribution in [2.24, 2.45) is 0 Å². The number of hydrogen-bond acceptors (Lipinski definition) is 4. The van der Waals surface area contributed by atoms with Crippen LogP contribution >= 0.6 is 24.0 Å². The topological polar surface area (TPSA) is 29.5 Å².